The van der Waals surface area contributed by atoms with Crippen LogP contribution in [0.1, 0.15) is 49.4 Å². The summed E-state index contributed by atoms with van der Waals surface area (Å²) in [5.74, 6) is 1.97. The van der Waals surface area contributed by atoms with Crippen LogP contribution in [0, 0.1) is 6.92 Å². The number of aromatic nitrogens is 2. The first kappa shape index (κ1) is 14.5. The monoisotopic (exact) mass is 301 g/mol. The molecule has 0 atom stereocenters. The van der Waals surface area contributed by atoms with Crippen molar-refractivity contribution in [2.45, 2.75) is 52.4 Å². The SMILES string of the molecule is CCCNc1nc(-c2cscc2C)nc2c1CCCCC2. The minimum absolute atomic E-state index is 0.896. The normalized spacial score (nSPS) is 14.6. The van der Waals surface area contributed by atoms with Gasteiger partial charge in [-0.3, -0.25) is 0 Å². The molecule has 4 heteroatoms. The Bertz CT molecular complexity index is 618. The lowest BCUT2D eigenvalue weighted by molar-refractivity contribution is 0.709. The molecule has 0 amide bonds. The molecule has 3 nitrogen and oxygen atoms in total. The van der Waals surface area contributed by atoms with Crippen LogP contribution in [0.4, 0.5) is 5.82 Å². The largest absolute Gasteiger partial charge is 0.370 e. The van der Waals surface area contributed by atoms with E-state index in [1.54, 1.807) is 11.3 Å². The zero-order chi connectivity index (χ0) is 14.7. The minimum Gasteiger partial charge on any atom is -0.370 e. The number of thiophene rings is 1. The Morgan fingerprint density at radius 1 is 1.14 bits per heavy atom. The van der Waals surface area contributed by atoms with Crippen molar-refractivity contribution < 1.29 is 0 Å². The number of hydrogen-bond donors (Lipinski definition) is 1. The van der Waals surface area contributed by atoms with Gasteiger partial charge in [0.25, 0.3) is 0 Å². The van der Waals surface area contributed by atoms with Gasteiger partial charge in [0, 0.05) is 28.7 Å². The van der Waals surface area contributed by atoms with E-state index < -0.39 is 0 Å². The summed E-state index contributed by atoms with van der Waals surface area (Å²) in [4.78, 5) is 9.75. The van der Waals surface area contributed by atoms with Gasteiger partial charge in [0.15, 0.2) is 5.82 Å². The van der Waals surface area contributed by atoms with Crippen molar-refractivity contribution in [2.24, 2.45) is 0 Å². The molecule has 0 aromatic carbocycles. The van der Waals surface area contributed by atoms with Gasteiger partial charge in [-0.2, -0.15) is 11.3 Å². The number of anilines is 1. The van der Waals surface area contributed by atoms with E-state index in [0.29, 0.717) is 0 Å². The molecule has 1 N–H and O–H groups in total. The maximum atomic E-state index is 4.90. The summed E-state index contributed by atoms with van der Waals surface area (Å²) >= 11 is 1.73. The van der Waals surface area contributed by atoms with Crippen LogP contribution in [0.25, 0.3) is 11.4 Å². The Balaban J connectivity index is 2.06. The first-order valence-corrected chi connectivity index (χ1v) is 8.90. The van der Waals surface area contributed by atoms with Crippen LogP contribution >= 0.6 is 11.3 Å². The summed E-state index contributed by atoms with van der Waals surface area (Å²) in [5, 5.41) is 7.86. The first-order valence-electron chi connectivity index (χ1n) is 7.96. The molecule has 3 rings (SSSR count). The van der Waals surface area contributed by atoms with Crippen LogP contribution in [0.5, 0.6) is 0 Å². The Morgan fingerprint density at radius 3 is 2.76 bits per heavy atom. The number of aryl methyl sites for hydroxylation is 2. The van der Waals surface area contributed by atoms with Gasteiger partial charge in [-0.1, -0.05) is 13.3 Å². The Hall–Kier alpha value is -1.42. The second-order valence-corrected chi connectivity index (χ2v) is 6.52. The van der Waals surface area contributed by atoms with Gasteiger partial charge in [-0.25, -0.2) is 9.97 Å². The fourth-order valence-corrected chi connectivity index (χ4v) is 3.70. The zero-order valence-corrected chi connectivity index (χ0v) is 13.7. The maximum Gasteiger partial charge on any atom is 0.162 e. The number of nitrogens with zero attached hydrogens (tertiary/aromatic N) is 2. The van der Waals surface area contributed by atoms with E-state index in [-0.39, 0.29) is 0 Å². The van der Waals surface area contributed by atoms with Crippen molar-refractivity contribution >= 4 is 17.2 Å². The Morgan fingerprint density at radius 2 is 2.00 bits per heavy atom. The fourth-order valence-electron chi connectivity index (χ4n) is 2.87. The highest BCUT2D eigenvalue weighted by molar-refractivity contribution is 7.08. The van der Waals surface area contributed by atoms with Crippen molar-refractivity contribution in [3.8, 4) is 11.4 Å². The number of rotatable bonds is 4. The average molecular weight is 301 g/mol. The Labute approximate surface area is 130 Å². The number of fused-ring (bicyclic) bond motifs is 1. The second-order valence-electron chi connectivity index (χ2n) is 5.78. The van der Waals surface area contributed by atoms with Crippen molar-refractivity contribution in [2.75, 3.05) is 11.9 Å². The molecule has 2 aromatic rings. The molecule has 1 aliphatic rings. The highest BCUT2D eigenvalue weighted by Gasteiger charge is 2.18. The van der Waals surface area contributed by atoms with Crippen LogP contribution in [-0.4, -0.2) is 16.5 Å². The molecule has 0 spiro atoms. The van der Waals surface area contributed by atoms with Crippen molar-refractivity contribution in [1.29, 1.82) is 0 Å². The topological polar surface area (TPSA) is 37.8 Å². The predicted octanol–water partition coefficient (Wildman–Crippen LogP) is 4.60. The molecule has 0 aliphatic heterocycles. The lowest BCUT2D eigenvalue weighted by Gasteiger charge is -2.14. The van der Waals surface area contributed by atoms with Crippen LogP contribution in [0.2, 0.25) is 0 Å². The molecule has 112 valence electrons. The van der Waals surface area contributed by atoms with E-state index in [0.717, 1.165) is 37.4 Å². The molecular formula is C17H23N3S. The summed E-state index contributed by atoms with van der Waals surface area (Å²) in [6.45, 7) is 5.31. The molecule has 2 aromatic heterocycles. The summed E-state index contributed by atoms with van der Waals surface area (Å²) in [7, 11) is 0. The van der Waals surface area contributed by atoms with Gasteiger partial charge in [0.2, 0.25) is 0 Å². The lowest BCUT2D eigenvalue weighted by atomic mass is 10.1. The van der Waals surface area contributed by atoms with E-state index in [1.807, 2.05) is 0 Å². The van der Waals surface area contributed by atoms with Gasteiger partial charge in [-0.15, -0.1) is 0 Å². The molecule has 0 unspecified atom stereocenters. The highest BCUT2D eigenvalue weighted by atomic mass is 32.1. The van der Waals surface area contributed by atoms with Crippen molar-refractivity contribution in [3.63, 3.8) is 0 Å². The number of hydrogen-bond acceptors (Lipinski definition) is 4. The molecule has 2 heterocycles. The summed E-state index contributed by atoms with van der Waals surface area (Å²) in [6, 6.07) is 0. The summed E-state index contributed by atoms with van der Waals surface area (Å²) in [5.41, 5.74) is 5.08. The molecule has 1 aliphatic carbocycles. The predicted molar refractivity (Wildman–Crippen MR) is 90.1 cm³/mol. The average Bonchev–Trinajstić information content (AvgIpc) is 2.78. The van der Waals surface area contributed by atoms with Crippen LogP contribution in [0.15, 0.2) is 10.8 Å². The highest BCUT2D eigenvalue weighted by Crippen LogP contribution is 2.30. The molecule has 0 bridgehead atoms. The van der Waals surface area contributed by atoms with Gasteiger partial charge < -0.3 is 5.32 Å². The second kappa shape index (κ2) is 6.56. The summed E-state index contributed by atoms with van der Waals surface area (Å²) in [6.07, 6.45) is 7.13. The standard InChI is InChI=1S/C17H23N3S/c1-3-9-18-16-13-7-5-4-6-8-15(13)19-17(20-16)14-11-21-10-12(14)2/h10-11H,3-9H2,1-2H3,(H,18,19,20). The Kier molecular flexibility index (Phi) is 4.54. The van der Waals surface area contributed by atoms with E-state index in [2.05, 4.69) is 29.9 Å². The van der Waals surface area contributed by atoms with Crippen LogP contribution in [-0.2, 0) is 12.8 Å². The van der Waals surface area contributed by atoms with Gasteiger partial charge in [-0.05, 0) is 50.0 Å². The van der Waals surface area contributed by atoms with E-state index in [9.17, 15) is 0 Å². The number of nitrogens with one attached hydrogen (secondary N) is 1. The van der Waals surface area contributed by atoms with E-state index in [4.69, 9.17) is 9.97 Å². The maximum absolute atomic E-state index is 4.90. The van der Waals surface area contributed by atoms with Gasteiger partial charge in [0.1, 0.15) is 5.82 Å². The molecule has 0 fully saturated rings. The molecule has 0 saturated heterocycles. The molecule has 21 heavy (non-hydrogen) atoms. The van der Waals surface area contributed by atoms with Crippen molar-refractivity contribution in [3.05, 3.63) is 27.6 Å². The third-order valence-corrected chi connectivity index (χ3v) is 4.93. The zero-order valence-electron chi connectivity index (χ0n) is 12.9. The third kappa shape index (κ3) is 3.10. The smallest absolute Gasteiger partial charge is 0.162 e. The van der Waals surface area contributed by atoms with Gasteiger partial charge >= 0.3 is 0 Å². The minimum atomic E-state index is 0.896. The lowest BCUT2D eigenvalue weighted by Crippen LogP contribution is -2.10. The molecular weight excluding hydrogens is 278 g/mol. The molecule has 0 radical (unpaired) electrons. The quantitative estimate of drug-likeness (QED) is 0.838. The van der Waals surface area contributed by atoms with Crippen LogP contribution in [0.3, 0.4) is 0 Å². The third-order valence-electron chi connectivity index (χ3n) is 4.07. The van der Waals surface area contributed by atoms with E-state index in [1.165, 1.54) is 41.6 Å². The summed E-state index contributed by atoms with van der Waals surface area (Å²) < 4.78 is 0. The van der Waals surface area contributed by atoms with Gasteiger partial charge in [0.05, 0.1) is 0 Å². The fraction of sp³-hybridized carbons (Fsp3) is 0.529. The van der Waals surface area contributed by atoms with Crippen molar-refractivity contribution in [1.82, 2.24) is 9.97 Å². The van der Waals surface area contributed by atoms with E-state index >= 15 is 0 Å². The van der Waals surface area contributed by atoms with Crippen LogP contribution < -0.4 is 5.32 Å². The molecule has 0 saturated carbocycles. The first-order chi connectivity index (χ1) is 10.3.